The molecule has 5 nitrogen and oxygen atoms in total. The molecule has 0 spiro atoms. The minimum Gasteiger partial charge on any atom is -0.341 e. The summed E-state index contributed by atoms with van der Waals surface area (Å²) in [6.45, 7) is 1.39. The first-order chi connectivity index (χ1) is 12.6. The number of anilines is 1. The lowest BCUT2D eigenvalue weighted by atomic mass is 9.98. The molecule has 1 heterocycles. The molecular formula is C21H19N3O2. The van der Waals surface area contributed by atoms with Gasteiger partial charge in [-0.3, -0.25) is 14.6 Å². The van der Waals surface area contributed by atoms with Crippen molar-refractivity contribution in [3.63, 3.8) is 0 Å². The summed E-state index contributed by atoms with van der Waals surface area (Å²) in [7, 11) is 0. The van der Waals surface area contributed by atoms with Gasteiger partial charge in [-0.05, 0) is 17.2 Å². The zero-order valence-corrected chi connectivity index (χ0v) is 14.3. The van der Waals surface area contributed by atoms with Crippen LogP contribution in [-0.4, -0.2) is 16.8 Å². The average molecular weight is 345 g/mol. The van der Waals surface area contributed by atoms with Gasteiger partial charge in [-0.1, -0.05) is 60.7 Å². The second kappa shape index (κ2) is 8.07. The molecule has 130 valence electrons. The lowest BCUT2D eigenvalue weighted by Gasteiger charge is -2.20. The smallest absolute Gasteiger partial charge is 0.254 e. The second-order valence-electron chi connectivity index (χ2n) is 5.83. The molecule has 3 rings (SSSR count). The SMILES string of the molecule is CC(=O)Nc1cnccc1C(=O)NC(c1ccccc1)c1ccccc1. The Bertz CT molecular complexity index is 856. The van der Waals surface area contributed by atoms with Gasteiger partial charge in [-0.15, -0.1) is 0 Å². The monoisotopic (exact) mass is 345 g/mol. The number of hydrogen-bond donors (Lipinski definition) is 2. The van der Waals surface area contributed by atoms with Gasteiger partial charge in [0.1, 0.15) is 0 Å². The third-order valence-electron chi connectivity index (χ3n) is 3.92. The maximum atomic E-state index is 12.9. The van der Waals surface area contributed by atoms with Crippen molar-refractivity contribution in [2.24, 2.45) is 0 Å². The zero-order chi connectivity index (χ0) is 18.4. The molecule has 26 heavy (non-hydrogen) atoms. The molecule has 0 aliphatic carbocycles. The van der Waals surface area contributed by atoms with Crippen molar-refractivity contribution in [1.29, 1.82) is 0 Å². The van der Waals surface area contributed by atoms with Gasteiger partial charge in [0.25, 0.3) is 5.91 Å². The summed E-state index contributed by atoms with van der Waals surface area (Å²) in [5.41, 5.74) is 2.70. The van der Waals surface area contributed by atoms with E-state index in [1.165, 1.54) is 19.3 Å². The van der Waals surface area contributed by atoms with Gasteiger partial charge in [0.05, 0.1) is 23.5 Å². The van der Waals surface area contributed by atoms with Crippen LogP contribution < -0.4 is 10.6 Å². The molecule has 0 fully saturated rings. The summed E-state index contributed by atoms with van der Waals surface area (Å²) in [4.78, 5) is 28.3. The van der Waals surface area contributed by atoms with E-state index in [1.807, 2.05) is 60.7 Å². The molecule has 2 N–H and O–H groups in total. The fourth-order valence-electron chi connectivity index (χ4n) is 2.74. The Balaban J connectivity index is 1.93. The standard InChI is InChI=1S/C21H19N3O2/c1-15(25)23-19-14-22-13-12-18(19)21(26)24-20(16-8-4-2-5-9-16)17-10-6-3-7-11-17/h2-14,20H,1H3,(H,23,25)(H,24,26). The van der Waals surface area contributed by atoms with Gasteiger partial charge in [0, 0.05) is 13.1 Å². The minimum atomic E-state index is -0.303. The molecule has 2 amide bonds. The third-order valence-corrected chi connectivity index (χ3v) is 3.92. The van der Waals surface area contributed by atoms with Gasteiger partial charge in [-0.25, -0.2) is 0 Å². The Kier molecular flexibility index (Phi) is 5.39. The van der Waals surface area contributed by atoms with E-state index < -0.39 is 0 Å². The summed E-state index contributed by atoms with van der Waals surface area (Å²) in [6, 6.07) is 20.8. The second-order valence-corrected chi connectivity index (χ2v) is 5.83. The minimum absolute atomic E-state index is 0.255. The first-order valence-electron chi connectivity index (χ1n) is 8.27. The van der Waals surface area contributed by atoms with Crippen LogP contribution in [0.25, 0.3) is 0 Å². The lowest BCUT2D eigenvalue weighted by Crippen LogP contribution is -2.30. The Morgan fingerprint density at radius 3 is 2.00 bits per heavy atom. The van der Waals surface area contributed by atoms with E-state index in [9.17, 15) is 9.59 Å². The largest absolute Gasteiger partial charge is 0.341 e. The van der Waals surface area contributed by atoms with Crippen molar-refractivity contribution in [1.82, 2.24) is 10.3 Å². The fraction of sp³-hybridized carbons (Fsp3) is 0.0952. The average Bonchev–Trinajstić information content (AvgIpc) is 2.67. The molecule has 2 aromatic carbocycles. The molecule has 0 radical (unpaired) electrons. The highest BCUT2D eigenvalue weighted by Gasteiger charge is 2.19. The molecule has 0 saturated heterocycles. The number of hydrogen-bond acceptors (Lipinski definition) is 3. The summed E-state index contributed by atoms with van der Waals surface area (Å²) in [5, 5.41) is 5.71. The first-order valence-corrected chi connectivity index (χ1v) is 8.27. The third kappa shape index (κ3) is 4.13. The van der Waals surface area contributed by atoms with Crippen molar-refractivity contribution in [2.45, 2.75) is 13.0 Å². The highest BCUT2D eigenvalue weighted by molar-refractivity contribution is 6.03. The van der Waals surface area contributed by atoms with Gasteiger partial charge in [0.15, 0.2) is 0 Å². The highest BCUT2D eigenvalue weighted by Crippen LogP contribution is 2.23. The maximum Gasteiger partial charge on any atom is 0.254 e. The van der Waals surface area contributed by atoms with Crippen molar-refractivity contribution in [3.8, 4) is 0 Å². The predicted octanol–water partition coefficient (Wildman–Crippen LogP) is 3.56. The van der Waals surface area contributed by atoms with Crippen LogP contribution in [-0.2, 0) is 4.79 Å². The number of benzene rings is 2. The van der Waals surface area contributed by atoms with Gasteiger partial charge in [0.2, 0.25) is 5.91 Å². The lowest BCUT2D eigenvalue weighted by molar-refractivity contribution is -0.114. The number of nitrogens with one attached hydrogen (secondary N) is 2. The number of pyridine rings is 1. The molecule has 0 atom stereocenters. The normalized spacial score (nSPS) is 10.4. The molecule has 0 unspecified atom stereocenters. The first kappa shape index (κ1) is 17.4. The highest BCUT2D eigenvalue weighted by atomic mass is 16.2. The molecule has 3 aromatic rings. The van der Waals surface area contributed by atoms with Crippen LogP contribution in [0.3, 0.4) is 0 Å². The van der Waals surface area contributed by atoms with Crippen LogP contribution in [0.1, 0.15) is 34.5 Å². The van der Waals surface area contributed by atoms with Crippen LogP contribution in [0.15, 0.2) is 79.1 Å². The number of nitrogens with zero attached hydrogens (tertiary/aromatic N) is 1. The van der Waals surface area contributed by atoms with Crippen LogP contribution in [0.2, 0.25) is 0 Å². The number of carbonyl (C=O) groups excluding carboxylic acids is 2. The number of aromatic nitrogens is 1. The summed E-state index contributed by atoms with van der Waals surface area (Å²) in [5.74, 6) is -0.538. The summed E-state index contributed by atoms with van der Waals surface area (Å²) in [6.07, 6.45) is 3.00. The van der Waals surface area contributed by atoms with Crippen molar-refractivity contribution >= 4 is 17.5 Å². The number of amides is 2. The Morgan fingerprint density at radius 1 is 0.885 bits per heavy atom. The Morgan fingerprint density at radius 2 is 1.46 bits per heavy atom. The van der Waals surface area contributed by atoms with Gasteiger partial charge >= 0.3 is 0 Å². The van der Waals surface area contributed by atoms with E-state index in [0.29, 0.717) is 11.3 Å². The summed E-state index contributed by atoms with van der Waals surface area (Å²) < 4.78 is 0. The molecule has 0 aliphatic heterocycles. The molecule has 1 aromatic heterocycles. The van der Waals surface area contributed by atoms with E-state index in [-0.39, 0.29) is 17.9 Å². The quantitative estimate of drug-likeness (QED) is 0.743. The van der Waals surface area contributed by atoms with E-state index in [0.717, 1.165) is 11.1 Å². The van der Waals surface area contributed by atoms with Crippen LogP contribution >= 0.6 is 0 Å². The number of carbonyl (C=O) groups is 2. The molecule has 5 heteroatoms. The van der Waals surface area contributed by atoms with E-state index >= 15 is 0 Å². The van der Waals surface area contributed by atoms with Crippen LogP contribution in [0.4, 0.5) is 5.69 Å². The molecule has 0 bridgehead atoms. The Labute approximate surface area is 152 Å². The van der Waals surface area contributed by atoms with Gasteiger partial charge in [-0.2, -0.15) is 0 Å². The fourth-order valence-corrected chi connectivity index (χ4v) is 2.74. The Hall–Kier alpha value is -3.47. The van der Waals surface area contributed by atoms with Crippen molar-refractivity contribution in [3.05, 3.63) is 95.8 Å². The van der Waals surface area contributed by atoms with Crippen LogP contribution in [0, 0.1) is 0 Å². The molecular weight excluding hydrogens is 326 g/mol. The van der Waals surface area contributed by atoms with E-state index in [1.54, 1.807) is 6.07 Å². The van der Waals surface area contributed by atoms with Crippen molar-refractivity contribution in [2.75, 3.05) is 5.32 Å². The summed E-state index contributed by atoms with van der Waals surface area (Å²) >= 11 is 0. The van der Waals surface area contributed by atoms with Gasteiger partial charge < -0.3 is 10.6 Å². The molecule has 0 saturated carbocycles. The molecule has 0 aliphatic rings. The zero-order valence-electron chi connectivity index (χ0n) is 14.3. The van der Waals surface area contributed by atoms with Crippen LogP contribution in [0.5, 0.6) is 0 Å². The number of rotatable bonds is 5. The predicted molar refractivity (Wildman–Crippen MR) is 101 cm³/mol. The van der Waals surface area contributed by atoms with Crippen molar-refractivity contribution < 1.29 is 9.59 Å². The van der Waals surface area contributed by atoms with E-state index in [2.05, 4.69) is 15.6 Å². The topological polar surface area (TPSA) is 71.1 Å². The van der Waals surface area contributed by atoms with E-state index in [4.69, 9.17) is 0 Å². The maximum absolute atomic E-state index is 12.9.